The molecule has 2 N–H and O–H groups in total. The maximum absolute atomic E-state index is 12.1. The zero-order valence-electron chi connectivity index (χ0n) is 17.2. The second kappa shape index (κ2) is 7.52. The molecule has 9 nitrogen and oxygen atoms in total. The van der Waals surface area contributed by atoms with Gasteiger partial charge in [-0.1, -0.05) is 35.5 Å². The minimum Gasteiger partial charge on any atom is -0.507 e. The number of aromatic carboxylic acids is 1. The van der Waals surface area contributed by atoms with Crippen molar-refractivity contribution in [3.8, 4) is 28.3 Å². The van der Waals surface area contributed by atoms with Crippen LogP contribution >= 0.6 is 0 Å². The maximum Gasteiger partial charge on any atom is 0.339 e. The highest BCUT2D eigenvalue weighted by atomic mass is 16.4. The molecule has 1 fully saturated rings. The molecule has 0 bridgehead atoms. The number of fused-ring (bicyclic) bond motifs is 1. The molecule has 1 aliphatic rings. The van der Waals surface area contributed by atoms with Crippen molar-refractivity contribution < 1.29 is 24.2 Å². The Kier molecular flexibility index (Phi) is 4.66. The van der Waals surface area contributed by atoms with Gasteiger partial charge in [-0.3, -0.25) is 9.48 Å². The van der Waals surface area contributed by atoms with Gasteiger partial charge in [0, 0.05) is 36.0 Å². The van der Waals surface area contributed by atoms with Crippen LogP contribution in [-0.2, 0) is 11.3 Å². The fourth-order valence-electron chi connectivity index (χ4n) is 3.81. The number of aromatic hydroxyl groups is 1. The molecule has 1 atom stereocenters. The van der Waals surface area contributed by atoms with Crippen molar-refractivity contribution in [1.82, 2.24) is 19.9 Å². The van der Waals surface area contributed by atoms with Gasteiger partial charge < -0.3 is 19.5 Å². The molecule has 0 radical (unpaired) electrons. The largest absolute Gasteiger partial charge is 0.507 e. The minimum absolute atomic E-state index is 0.0786. The molecule has 1 amide bonds. The molecule has 9 heteroatoms. The molecule has 3 heterocycles. The minimum atomic E-state index is -1.25. The van der Waals surface area contributed by atoms with Crippen LogP contribution in [-0.4, -0.2) is 54.6 Å². The number of furan rings is 1. The van der Waals surface area contributed by atoms with E-state index in [9.17, 15) is 19.8 Å². The summed E-state index contributed by atoms with van der Waals surface area (Å²) in [7, 11) is 0. The van der Waals surface area contributed by atoms with E-state index in [0.29, 0.717) is 47.0 Å². The third-order valence-electron chi connectivity index (χ3n) is 5.60. The van der Waals surface area contributed by atoms with Gasteiger partial charge in [0.2, 0.25) is 5.91 Å². The number of carbonyl (C=O) groups is 2. The van der Waals surface area contributed by atoms with Gasteiger partial charge in [-0.25, -0.2) is 4.79 Å². The highest BCUT2D eigenvalue weighted by Crippen LogP contribution is 2.42. The number of aromatic nitrogens is 3. The number of amides is 1. The van der Waals surface area contributed by atoms with Gasteiger partial charge in [0.15, 0.2) is 0 Å². The number of aryl methyl sites for hydroxylation is 1. The van der Waals surface area contributed by atoms with E-state index >= 15 is 0 Å². The standard InChI is InChI=1S/C23H20N4O5/c1-13-11-27(13)20(29)7-8-26-12-17(24-25-26)21-16-9-15(23(30)31)18(28)10-19(16)32-22(21)14-5-3-2-4-6-14/h2-6,9-10,12-13,28H,7-8,11H2,1H3,(H,30,31). The predicted molar refractivity (Wildman–Crippen MR) is 115 cm³/mol. The van der Waals surface area contributed by atoms with Gasteiger partial charge in [-0.05, 0) is 13.0 Å². The average molecular weight is 432 g/mol. The van der Waals surface area contributed by atoms with Crippen molar-refractivity contribution >= 4 is 22.8 Å². The lowest BCUT2D eigenvalue weighted by molar-refractivity contribution is -0.126. The topological polar surface area (TPSA) is 121 Å². The van der Waals surface area contributed by atoms with Crippen molar-refractivity contribution in [3.63, 3.8) is 0 Å². The van der Waals surface area contributed by atoms with Gasteiger partial charge >= 0.3 is 5.97 Å². The van der Waals surface area contributed by atoms with E-state index in [1.54, 1.807) is 15.8 Å². The van der Waals surface area contributed by atoms with E-state index in [1.165, 1.54) is 12.1 Å². The molecule has 2 aromatic carbocycles. The van der Waals surface area contributed by atoms with Gasteiger partial charge in [-0.2, -0.15) is 0 Å². The van der Waals surface area contributed by atoms with E-state index in [4.69, 9.17) is 4.42 Å². The van der Waals surface area contributed by atoms with Crippen molar-refractivity contribution in [2.75, 3.05) is 6.54 Å². The first-order valence-corrected chi connectivity index (χ1v) is 10.2. The Balaban J connectivity index is 1.57. The molecule has 0 spiro atoms. The Hall–Kier alpha value is -4.14. The second-order valence-corrected chi connectivity index (χ2v) is 7.85. The van der Waals surface area contributed by atoms with Crippen LogP contribution in [0.4, 0.5) is 0 Å². The number of carbonyl (C=O) groups excluding carboxylic acids is 1. The predicted octanol–water partition coefficient (Wildman–Crippen LogP) is 3.38. The number of rotatable bonds is 6. The van der Waals surface area contributed by atoms with E-state index in [0.717, 1.165) is 12.1 Å². The number of carboxylic acids is 1. The van der Waals surface area contributed by atoms with Crippen LogP contribution in [0, 0.1) is 0 Å². The molecule has 0 saturated carbocycles. The Labute approximate surface area is 182 Å². The van der Waals surface area contributed by atoms with Crippen LogP contribution in [0.25, 0.3) is 33.6 Å². The highest BCUT2D eigenvalue weighted by molar-refractivity contribution is 6.05. The molecular formula is C23H20N4O5. The molecule has 1 saturated heterocycles. The van der Waals surface area contributed by atoms with Crippen molar-refractivity contribution in [3.05, 3.63) is 54.2 Å². The number of carboxylic acid groups (broad SMARTS) is 1. The van der Waals surface area contributed by atoms with E-state index < -0.39 is 5.97 Å². The van der Waals surface area contributed by atoms with Gasteiger partial charge in [0.25, 0.3) is 0 Å². The fraction of sp³-hybridized carbons (Fsp3) is 0.217. The molecule has 5 rings (SSSR count). The summed E-state index contributed by atoms with van der Waals surface area (Å²) in [5.41, 5.74) is 1.93. The lowest BCUT2D eigenvalue weighted by Crippen LogP contribution is -2.15. The van der Waals surface area contributed by atoms with Crippen molar-refractivity contribution in [2.45, 2.75) is 25.9 Å². The van der Waals surface area contributed by atoms with Crippen LogP contribution < -0.4 is 0 Å². The Morgan fingerprint density at radius 3 is 2.66 bits per heavy atom. The van der Waals surface area contributed by atoms with Crippen molar-refractivity contribution in [1.29, 1.82) is 0 Å². The zero-order chi connectivity index (χ0) is 22.4. The Morgan fingerprint density at radius 2 is 1.97 bits per heavy atom. The number of nitrogens with zero attached hydrogens (tertiary/aromatic N) is 4. The lowest BCUT2D eigenvalue weighted by Gasteiger charge is -2.02. The smallest absolute Gasteiger partial charge is 0.339 e. The first kappa shape index (κ1) is 19.8. The van der Waals surface area contributed by atoms with Crippen LogP contribution in [0.5, 0.6) is 5.75 Å². The summed E-state index contributed by atoms with van der Waals surface area (Å²) in [5.74, 6) is -1.06. The first-order chi connectivity index (χ1) is 15.4. The molecular weight excluding hydrogens is 412 g/mol. The average Bonchev–Trinajstić information content (AvgIpc) is 3.18. The third-order valence-corrected chi connectivity index (χ3v) is 5.60. The normalized spacial score (nSPS) is 15.3. The maximum atomic E-state index is 12.1. The molecule has 1 unspecified atom stereocenters. The molecule has 1 aliphatic heterocycles. The van der Waals surface area contributed by atoms with Gasteiger partial charge in [0.05, 0.1) is 18.3 Å². The summed E-state index contributed by atoms with van der Waals surface area (Å²) < 4.78 is 7.61. The summed E-state index contributed by atoms with van der Waals surface area (Å²) in [6, 6.07) is 12.3. The quantitative estimate of drug-likeness (QED) is 0.448. The summed E-state index contributed by atoms with van der Waals surface area (Å²) in [4.78, 5) is 25.5. The monoisotopic (exact) mass is 432 g/mol. The molecule has 4 aromatic rings. The van der Waals surface area contributed by atoms with E-state index in [2.05, 4.69) is 10.3 Å². The Bertz CT molecular complexity index is 1340. The summed E-state index contributed by atoms with van der Waals surface area (Å²) >= 11 is 0. The van der Waals surface area contributed by atoms with Gasteiger partial charge in [0.1, 0.15) is 28.4 Å². The number of hydrogen-bond donors (Lipinski definition) is 2. The van der Waals surface area contributed by atoms with E-state index in [-0.39, 0.29) is 17.2 Å². The Morgan fingerprint density at radius 1 is 1.22 bits per heavy atom. The SMILES string of the molecule is CC1CN1C(=O)CCn1cc(-c2c(-c3ccccc3)oc3cc(O)c(C(=O)O)cc23)nn1. The van der Waals surface area contributed by atoms with Crippen LogP contribution in [0.2, 0.25) is 0 Å². The number of hydrogen-bond acceptors (Lipinski definition) is 6. The number of phenols is 1. The number of benzene rings is 2. The molecule has 162 valence electrons. The van der Waals surface area contributed by atoms with Crippen LogP contribution in [0.3, 0.4) is 0 Å². The first-order valence-electron chi connectivity index (χ1n) is 10.2. The van der Waals surface area contributed by atoms with E-state index in [1.807, 2.05) is 37.3 Å². The highest BCUT2D eigenvalue weighted by Gasteiger charge is 2.33. The summed E-state index contributed by atoms with van der Waals surface area (Å²) in [6.07, 6.45) is 2.03. The van der Waals surface area contributed by atoms with Gasteiger partial charge in [-0.15, -0.1) is 5.10 Å². The molecule has 2 aromatic heterocycles. The van der Waals surface area contributed by atoms with Crippen LogP contribution in [0.15, 0.2) is 53.1 Å². The fourth-order valence-corrected chi connectivity index (χ4v) is 3.81. The molecule has 32 heavy (non-hydrogen) atoms. The second-order valence-electron chi connectivity index (χ2n) is 7.85. The summed E-state index contributed by atoms with van der Waals surface area (Å²) in [6.45, 7) is 3.18. The lowest BCUT2D eigenvalue weighted by atomic mass is 10.0. The van der Waals surface area contributed by atoms with Crippen LogP contribution in [0.1, 0.15) is 23.7 Å². The summed E-state index contributed by atoms with van der Waals surface area (Å²) in [5, 5.41) is 28.5. The molecule has 0 aliphatic carbocycles. The zero-order valence-corrected chi connectivity index (χ0v) is 17.2. The third kappa shape index (κ3) is 3.47. The van der Waals surface area contributed by atoms with Crippen molar-refractivity contribution in [2.24, 2.45) is 0 Å².